The third-order valence-electron chi connectivity index (χ3n) is 4.15. The Morgan fingerprint density at radius 1 is 1.12 bits per heavy atom. The van der Waals surface area contributed by atoms with Gasteiger partial charge in [0.15, 0.2) is 5.75 Å². The summed E-state index contributed by atoms with van der Waals surface area (Å²) < 4.78 is 4.92. The van der Waals surface area contributed by atoms with Crippen LogP contribution >= 0.6 is 0 Å². The van der Waals surface area contributed by atoms with E-state index >= 15 is 0 Å². The molecular formula is C17H21N5O3. The van der Waals surface area contributed by atoms with Crippen LogP contribution in [0, 0.1) is 13.8 Å². The van der Waals surface area contributed by atoms with E-state index < -0.39 is 0 Å². The van der Waals surface area contributed by atoms with Crippen molar-refractivity contribution in [1.82, 2.24) is 19.9 Å². The second-order valence-corrected chi connectivity index (χ2v) is 6.01. The molecule has 0 atom stereocenters. The molecule has 1 amide bonds. The quantitative estimate of drug-likeness (QED) is 0.884. The number of nitrogens with one attached hydrogen (secondary N) is 1. The Hall–Kier alpha value is -2.90. The fourth-order valence-electron chi connectivity index (χ4n) is 2.87. The van der Waals surface area contributed by atoms with E-state index in [1.54, 1.807) is 4.90 Å². The second kappa shape index (κ2) is 6.92. The molecule has 3 heterocycles. The van der Waals surface area contributed by atoms with Gasteiger partial charge in [-0.05, 0) is 19.9 Å². The second-order valence-electron chi connectivity index (χ2n) is 6.01. The van der Waals surface area contributed by atoms with Gasteiger partial charge in [0.2, 0.25) is 11.4 Å². The number of pyridine rings is 1. The highest BCUT2D eigenvalue weighted by molar-refractivity contribution is 5.92. The average Bonchev–Trinajstić information content (AvgIpc) is 2.60. The number of hydrogen-bond acceptors (Lipinski definition) is 6. The maximum atomic E-state index is 12.6. The lowest BCUT2D eigenvalue weighted by Gasteiger charge is -2.34. The standard InChI is InChI=1S/C17H21N5O3/c1-11-8-12(2)20-17(19-11)22-6-4-21(5-7-22)16(24)13-9-14(23)15(25-3)10-18-13/h8-10H,4-7H2,1-3H3,(H,18,23). The summed E-state index contributed by atoms with van der Waals surface area (Å²) in [5.74, 6) is 0.691. The number of carbonyl (C=O) groups excluding carboxylic acids is 1. The van der Waals surface area contributed by atoms with E-state index in [0.29, 0.717) is 32.1 Å². The Kier molecular flexibility index (Phi) is 4.69. The zero-order chi connectivity index (χ0) is 18.0. The van der Waals surface area contributed by atoms with E-state index in [1.807, 2.05) is 19.9 Å². The van der Waals surface area contributed by atoms with E-state index in [-0.39, 0.29) is 22.8 Å². The summed E-state index contributed by atoms with van der Waals surface area (Å²) in [6.07, 6.45) is 1.41. The topological polar surface area (TPSA) is 91.4 Å². The van der Waals surface area contributed by atoms with Crippen molar-refractivity contribution in [2.45, 2.75) is 13.8 Å². The van der Waals surface area contributed by atoms with Crippen molar-refractivity contribution in [2.75, 3.05) is 38.2 Å². The number of amides is 1. The summed E-state index contributed by atoms with van der Waals surface area (Å²) in [7, 11) is 1.42. The predicted octanol–water partition coefficient (Wildman–Crippen LogP) is 0.753. The van der Waals surface area contributed by atoms with E-state index in [0.717, 1.165) is 11.4 Å². The SMILES string of the molecule is COc1c[nH]c(C(=O)N2CCN(c3nc(C)cc(C)n3)CC2)cc1=O. The normalized spacial score (nSPS) is 14.5. The first-order chi connectivity index (χ1) is 12.0. The molecule has 0 radical (unpaired) electrons. The Balaban J connectivity index is 1.68. The Morgan fingerprint density at radius 2 is 1.76 bits per heavy atom. The van der Waals surface area contributed by atoms with E-state index in [4.69, 9.17) is 4.74 Å². The number of ether oxygens (including phenoxy) is 1. The van der Waals surface area contributed by atoms with Crippen molar-refractivity contribution in [3.8, 4) is 5.75 Å². The number of anilines is 1. The highest BCUT2D eigenvalue weighted by Gasteiger charge is 2.24. The number of piperazine rings is 1. The molecule has 0 bridgehead atoms. The van der Waals surface area contributed by atoms with Crippen molar-refractivity contribution >= 4 is 11.9 Å². The minimum Gasteiger partial charge on any atom is -0.491 e. The molecule has 1 saturated heterocycles. The van der Waals surface area contributed by atoms with Gasteiger partial charge in [-0.2, -0.15) is 0 Å². The Morgan fingerprint density at radius 3 is 2.32 bits per heavy atom. The first-order valence-corrected chi connectivity index (χ1v) is 8.11. The zero-order valence-corrected chi connectivity index (χ0v) is 14.6. The van der Waals surface area contributed by atoms with E-state index in [2.05, 4.69) is 19.9 Å². The van der Waals surface area contributed by atoms with Gasteiger partial charge in [0.05, 0.1) is 7.11 Å². The van der Waals surface area contributed by atoms with Crippen LogP contribution in [0.4, 0.5) is 5.95 Å². The van der Waals surface area contributed by atoms with Crippen LogP contribution < -0.4 is 15.1 Å². The maximum Gasteiger partial charge on any atom is 0.270 e. The number of hydrogen-bond donors (Lipinski definition) is 1. The minimum absolute atomic E-state index is 0.188. The number of nitrogens with zero attached hydrogens (tertiary/aromatic N) is 4. The predicted molar refractivity (Wildman–Crippen MR) is 93.2 cm³/mol. The highest BCUT2D eigenvalue weighted by atomic mass is 16.5. The van der Waals surface area contributed by atoms with Crippen LogP contribution in [-0.2, 0) is 0 Å². The summed E-state index contributed by atoms with van der Waals surface area (Å²) in [6, 6.07) is 3.21. The summed E-state index contributed by atoms with van der Waals surface area (Å²) in [5.41, 5.74) is 1.81. The highest BCUT2D eigenvalue weighted by Crippen LogP contribution is 2.14. The van der Waals surface area contributed by atoms with Gasteiger partial charge in [-0.1, -0.05) is 0 Å². The van der Waals surface area contributed by atoms with Gasteiger partial charge in [-0.15, -0.1) is 0 Å². The van der Waals surface area contributed by atoms with Gasteiger partial charge < -0.3 is 19.5 Å². The Labute approximate surface area is 145 Å². The number of carbonyl (C=O) groups is 1. The molecule has 1 fully saturated rings. The van der Waals surface area contributed by atoms with Gasteiger partial charge in [-0.3, -0.25) is 9.59 Å². The molecule has 0 aromatic carbocycles. The molecule has 0 unspecified atom stereocenters. The van der Waals surface area contributed by atoms with Crippen molar-refractivity contribution in [1.29, 1.82) is 0 Å². The summed E-state index contributed by atoms with van der Waals surface area (Å²) in [4.78, 5) is 39.9. The number of aromatic nitrogens is 3. The monoisotopic (exact) mass is 343 g/mol. The molecule has 1 N–H and O–H groups in total. The fourth-order valence-corrected chi connectivity index (χ4v) is 2.87. The molecule has 25 heavy (non-hydrogen) atoms. The van der Waals surface area contributed by atoms with Crippen LogP contribution in [0.5, 0.6) is 5.75 Å². The van der Waals surface area contributed by atoms with Gasteiger partial charge in [0, 0.05) is 49.8 Å². The fraction of sp³-hybridized carbons (Fsp3) is 0.412. The smallest absolute Gasteiger partial charge is 0.270 e. The minimum atomic E-state index is -0.313. The van der Waals surface area contributed by atoms with Crippen LogP contribution in [0.15, 0.2) is 23.1 Å². The lowest BCUT2D eigenvalue weighted by atomic mass is 10.2. The van der Waals surface area contributed by atoms with Crippen LogP contribution in [0.2, 0.25) is 0 Å². The largest absolute Gasteiger partial charge is 0.491 e. The number of methoxy groups -OCH3 is 1. The average molecular weight is 343 g/mol. The molecule has 0 spiro atoms. The molecule has 3 rings (SSSR count). The molecule has 132 valence electrons. The molecular weight excluding hydrogens is 322 g/mol. The van der Waals surface area contributed by atoms with Crippen molar-refractivity contribution in [3.63, 3.8) is 0 Å². The number of rotatable bonds is 3. The zero-order valence-electron chi connectivity index (χ0n) is 14.6. The van der Waals surface area contributed by atoms with Crippen molar-refractivity contribution in [3.05, 3.63) is 45.6 Å². The molecule has 2 aromatic heterocycles. The third kappa shape index (κ3) is 3.62. The van der Waals surface area contributed by atoms with E-state index in [9.17, 15) is 9.59 Å². The van der Waals surface area contributed by atoms with Gasteiger partial charge in [0.1, 0.15) is 5.69 Å². The Bertz CT molecular complexity index is 820. The van der Waals surface area contributed by atoms with Crippen LogP contribution in [-0.4, -0.2) is 59.0 Å². The van der Waals surface area contributed by atoms with Gasteiger partial charge >= 0.3 is 0 Å². The summed E-state index contributed by atoms with van der Waals surface area (Å²) in [6.45, 7) is 6.27. The number of aromatic amines is 1. The lowest BCUT2D eigenvalue weighted by Crippen LogP contribution is -2.49. The number of H-pyrrole nitrogens is 1. The molecule has 8 nitrogen and oxygen atoms in total. The third-order valence-corrected chi connectivity index (χ3v) is 4.15. The van der Waals surface area contributed by atoms with Gasteiger partial charge in [-0.25, -0.2) is 9.97 Å². The van der Waals surface area contributed by atoms with Crippen molar-refractivity contribution in [2.24, 2.45) is 0 Å². The van der Waals surface area contributed by atoms with Crippen LogP contribution in [0.25, 0.3) is 0 Å². The molecule has 1 aliphatic heterocycles. The van der Waals surface area contributed by atoms with Crippen LogP contribution in [0.1, 0.15) is 21.9 Å². The first-order valence-electron chi connectivity index (χ1n) is 8.11. The lowest BCUT2D eigenvalue weighted by molar-refractivity contribution is 0.0740. The molecule has 8 heteroatoms. The number of aryl methyl sites for hydroxylation is 2. The maximum absolute atomic E-state index is 12.6. The van der Waals surface area contributed by atoms with Crippen LogP contribution in [0.3, 0.4) is 0 Å². The molecule has 0 saturated carbocycles. The molecule has 2 aromatic rings. The summed E-state index contributed by atoms with van der Waals surface area (Å²) >= 11 is 0. The molecule has 0 aliphatic carbocycles. The van der Waals surface area contributed by atoms with Crippen molar-refractivity contribution < 1.29 is 9.53 Å². The molecule has 1 aliphatic rings. The summed E-state index contributed by atoms with van der Waals surface area (Å²) in [5, 5.41) is 0. The van der Waals surface area contributed by atoms with Gasteiger partial charge in [0.25, 0.3) is 5.91 Å². The van der Waals surface area contributed by atoms with E-state index in [1.165, 1.54) is 19.4 Å². The first kappa shape index (κ1) is 16.9.